The Balaban J connectivity index is 1.59. The molecule has 0 unspecified atom stereocenters. The number of H-pyrrole nitrogens is 1. The number of para-hydroxylation sites is 1. The zero-order valence-corrected chi connectivity index (χ0v) is 20.8. The molecule has 37 heavy (non-hydrogen) atoms. The summed E-state index contributed by atoms with van der Waals surface area (Å²) in [5.41, 5.74) is 5.90. The van der Waals surface area contributed by atoms with Gasteiger partial charge in [0.1, 0.15) is 0 Å². The summed E-state index contributed by atoms with van der Waals surface area (Å²) in [5.74, 6) is -0.225. The number of aromatic hydroxyl groups is 1. The van der Waals surface area contributed by atoms with Crippen LogP contribution in [0.15, 0.2) is 108 Å². The number of benzene rings is 4. The summed E-state index contributed by atoms with van der Waals surface area (Å²) in [5, 5.41) is 14.6. The van der Waals surface area contributed by atoms with Crippen LogP contribution in [0.2, 0.25) is 0 Å². The highest BCUT2D eigenvalue weighted by Crippen LogP contribution is 2.32. The third kappa shape index (κ3) is 5.44. The highest BCUT2D eigenvalue weighted by Gasteiger charge is 2.20. The van der Waals surface area contributed by atoms with Gasteiger partial charge in [-0.3, -0.25) is 4.79 Å². The molecule has 3 N–H and O–H groups in total. The average Bonchev–Trinajstić information content (AvgIpc) is 3.23. The van der Waals surface area contributed by atoms with Crippen LogP contribution in [0.25, 0.3) is 10.9 Å². The molecular formula is C31H28N4O2. The molecular weight excluding hydrogens is 460 g/mol. The molecule has 0 saturated carbocycles. The molecule has 0 bridgehead atoms. The van der Waals surface area contributed by atoms with Crippen molar-refractivity contribution in [2.24, 2.45) is 4.99 Å². The van der Waals surface area contributed by atoms with E-state index in [9.17, 15) is 9.90 Å². The van der Waals surface area contributed by atoms with E-state index in [-0.39, 0.29) is 11.8 Å². The van der Waals surface area contributed by atoms with Gasteiger partial charge in [0.2, 0.25) is 0 Å². The number of nitrogens with one attached hydrogen (secondary N) is 2. The Bertz CT molecular complexity index is 1550. The second-order valence-corrected chi connectivity index (χ2v) is 9.16. The van der Waals surface area contributed by atoms with Crippen molar-refractivity contribution in [3.63, 3.8) is 0 Å². The van der Waals surface area contributed by atoms with Crippen molar-refractivity contribution in [2.75, 3.05) is 19.4 Å². The predicted molar refractivity (Wildman–Crippen MR) is 150 cm³/mol. The van der Waals surface area contributed by atoms with Gasteiger partial charge in [-0.15, -0.1) is 0 Å². The first-order valence-corrected chi connectivity index (χ1v) is 12.1. The normalized spacial score (nSPS) is 11.7. The number of nitrogens with zero attached hydrogens (tertiary/aromatic N) is 2. The second-order valence-electron chi connectivity index (χ2n) is 9.16. The van der Waals surface area contributed by atoms with Gasteiger partial charge < -0.3 is 20.3 Å². The van der Waals surface area contributed by atoms with Crippen molar-refractivity contribution in [2.45, 2.75) is 6.54 Å². The summed E-state index contributed by atoms with van der Waals surface area (Å²) in [6, 6.07) is 32.5. The monoisotopic (exact) mass is 488 g/mol. The molecule has 1 heterocycles. The minimum absolute atomic E-state index is 0.00227. The molecule has 5 aromatic rings. The Kier molecular flexibility index (Phi) is 6.83. The number of aromatic nitrogens is 1. The van der Waals surface area contributed by atoms with E-state index in [1.807, 2.05) is 86.9 Å². The van der Waals surface area contributed by atoms with Crippen LogP contribution in [0.1, 0.15) is 27.0 Å². The number of aliphatic imine (C=N–C) groups is 1. The van der Waals surface area contributed by atoms with E-state index in [4.69, 9.17) is 4.99 Å². The fourth-order valence-corrected chi connectivity index (χ4v) is 4.31. The number of carbonyl (C=O) groups is 1. The smallest absolute Gasteiger partial charge is 0.255 e. The molecule has 5 rings (SSSR count). The van der Waals surface area contributed by atoms with Gasteiger partial charge in [0.15, 0.2) is 5.88 Å². The van der Waals surface area contributed by atoms with Crippen LogP contribution >= 0.6 is 0 Å². The Morgan fingerprint density at radius 1 is 0.865 bits per heavy atom. The Labute approximate surface area is 215 Å². The van der Waals surface area contributed by atoms with Gasteiger partial charge in [-0.25, -0.2) is 4.99 Å². The lowest BCUT2D eigenvalue weighted by atomic mass is 9.99. The molecule has 0 fully saturated rings. The van der Waals surface area contributed by atoms with E-state index in [1.54, 1.807) is 18.2 Å². The maximum absolute atomic E-state index is 13.0. The van der Waals surface area contributed by atoms with E-state index in [0.29, 0.717) is 33.4 Å². The topological polar surface area (TPSA) is 80.7 Å². The lowest BCUT2D eigenvalue weighted by Gasteiger charge is -2.11. The van der Waals surface area contributed by atoms with Crippen LogP contribution in [0, 0.1) is 0 Å². The number of amides is 1. The van der Waals surface area contributed by atoms with Gasteiger partial charge in [-0.2, -0.15) is 0 Å². The van der Waals surface area contributed by atoms with Crippen LogP contribution in [0.4, 0.5) is 11.4 Å². The first kappa shape index (κ1) is 24.0. The van der Waals surface area contributed by atoms with Gasteiger partial charge >= 0.3 is 0 Å². The molecule has 0 atom stereocenters. The molecule has 0 aliphatic carbocycles. The predicted octanol–water partition coefficient (Wildman–Crippen LogP) is 6.36. The number of hydrogen-bond acceptors (Lipinski definition) is 4. The van der Waals surface area contributed by atoms with Gasteiger partial charge in [0.05, 0.1) is 17.0 Å². The second kappa shape index (κ2) is 10.5. The Morgan fingerprint density at radius 3 is 2.22 bits per heavy atom. The minimum atomic E-state index is -0.227. The highest BCUT2D eigenvalue weighted by molar-refractivity contribution is 6.22. The van der Waals surface area contributed by atoms with Gasteiger partial charge in [-0.1, -0.05) is 60.7 Å². The zero-order chi connectivity index (χ0) is 25.8. The molecule has 0 aliphatic rings. The third-order valence-corrected chi connectivity index (χ3v) is 6.03. The first-order valence-electron chi connectivity index (χ1n) is 12.1. The SMILES string of the molecule is CN(C)Cc1ccc(N=C(c2ccccc2)c2c(O)[nH]c3ccc(C(=O)Nc4ccccc4)cc23)cc1. The summed E-state index contributed by atoms with van der Waals surface area (Å²) in [6.45, 7) is 0.840. The van der Waals surface area contributed by atoms with Crippen LogP contribution in [-0.2, 0) is 6.54 Å². The van der Waals surface area contributed by atoms with Crippen molar-refractivity contribution >= 4 is 33.9 Å². The molecule has 0 aliphatic heterocycles. The summed E-state index contributed by atoms with van der Waals surface area (Å²) in [4.78, 5) is 23.1. The Hall–Kier alpha value is -4.68. The molecule has 1 amide bonds. The first-order chi connectivity index (χ1) is 18.0. The summed E-state index contributed by atoms with van der Waals surface area (Å²) >= 11 is 0. The Morgan fingerprint density at radius 2 is 1.54 bits per heavy atom. The number of carbonyl (C=O) groups excluding carboxylic acids is 1. The molecule has 0 saturated heterocycles. The van der Waals surface area contributed by atoms with Crippen molar-refractivity contribution in [3.8, 4) is 5.88 Å². The summed E-state index contributed by atoms with van der Waals surface area (Å²) in [7, 11) is 4.07. The number of fused-ring (bicyclic) bond motifs is 1. The number of rotatable bonds is 7. The number of aromatic amines is 1. The van der Waals surface area contributed by atoms with E-state index >= 15 is 0 Å². The fourth-order valence-electron chi connectivity index (χ4n) is 4.31. The number of hydrogen-bond donors (Lipinski definition) is 3. The third-order valence-electron chi connectivity index (χ3n) is 6.03. The van der Waals surface area contributed by atoms with E-state index < -0.39 is 0 Å². The largest absolute Gasteiger partial charge is 0.494 e. The lowest BCUT2D eigenvalue weighted by molar-refractivity contribution is 0.102. The summed E-state index contributed by atoms with van der Waals surface area (Å²) in [6.07, 6.45) is 0. The summed E-state index contributed by atoms with van der Waals surface area (Å²) < 4.78 is 0. The molecule has 184 valence electrons. The molecule has 6 nitrogen and oxygen atoms in total. The molecule has 6 heteroatoms. The van der Waals surface area contributed by atoms with Crippen LogP contribution in [-0.4, -0.2) is 40.7 Å². The van der Waals surface area contributed by atoms with Crippen LogP contribution in [0.5, 0.6) is 5.88 Å². The van der Waals surface area contributed by atoms with Crippen molar-refractivity contribution in [3.05, 3.63) is 125 Å². The van der Waals surface area contributed by atoms with E-state index in [0.717, 1.165) is 17.8 Å². The van der Waals surface area contributed by atoms with Gasteiger partial charge in [0, 0.05) is 34.3 Å². The maximum atomic E-state index is 13.0. The number of anilines is 1. The highest BCUT2D eigenvalue weighted by atomic mass is 16.3. The van der Waals surface area contributed by atoms with Crippen molar-refractivity contribution in [1.29, 1.82) is 0 Å². The van der Waals surface area contributed by atoms with Gasteiger partial charge in [0.25, 0.3) is 5.91 Å². The van der Waals surface area contributed by atoms with E-state index in [2.05, 4.69) is 27.3 Å². The quantitative estimate of drug-likeness (QED) is 0.233. The molecule has 1 aromatic heterocycles. The fraction of sp³-hybridized carbons (Fsp3) is 0.0968. The lowest BCUT2D eigenvalue weighted by Crippen LogP contribution is -2.11. The molecule has 0 radical (unpaired) electrons. The van der Waals surface area contributed by atoms with Crippen LogP contribution in [0.3, 0.4) is 0 Å². The van der Waals surface area contributed by atoms with Crippen LogP contribution < -0.4 is 5.32 Å². The molecule has 4 aromatic carbocycles. The van der Waals surface area contributed by atoms with Crippen molar-refractivity contribution < 1.29 is 9.90 Å². The van der Waals surface area contributed by atoms with Crippen molar-refractivity contribution in [1.82, 2.24) is 9.88 Å². The zero-order valence-electron chi connectivity index (χ0n) is 20.8. The minimum Gasteiger partial charge on any atom is -0.494 e. The average molecular weight is 489 g/mol. The van der Waals surface area contributed by atoms with E-state index in [1.165, 1.54) is 5.56 Å². The maximum Gasteiger partial charge on any atom is 0.255 e. The standard InChI is InChI=1S/C31H28N4O2/c1-35(2)20-21-13-16-25(17-14-21)32-29(22-9-5-3-6-10-22)28-26-19-23(15-18-27(26)34-31(28)37)30(36)33-24-11-7-4-8-12-24/h3-19,34,37H,20H2,1-2H3,(H,33,36). The molecule has 0 spiro atoms. The van der Waals surface area contributed by atoms with Gasteiger partial charge in [-0.05, 0) is 62.1 Å².